The number of carbonyl (C=O) groups is 2. The van der Waals surface area contributed by atoms with Crippen LogP contribution in [0.3, 0.4) is 0 Å². The Kier molecular flexibility index (Phi) is 5.57. The topological polar surface area (TPSA) is 94.1 Å². The van der Waals surface area contributed by atoms with Crippen LogP contribution in [0.5, 0.6) is 0 Å². The largest absolute Gasteiger partial charge is 0.467 e. The van der Waals surface area contributed by atoms with E-state index in [4.69, 9.17) is 9.15 Å². The molecule has 0 spiro atoms. The third kappa shape index (κ3) is 3.27. The fourth-order valence-electron chi connectivity index (χ4n) is 4.50. The Bertz CT molecular complexity index is 1510. The highest BCUT2D eigenvalue weighted by Gasteiger charge is 2.37. The first-order valence-corrected chi connectivity index (χ1v) is 12.0. The summed E-state index contributed by atoms with van der Waals surface area (Å²) in [5.41, 5.74) is 2.18. The fourth-order valence-corrected chi connectivity index (χ4v) is 5.64. The van der Waals surface area contributed by atoms with Crippen molar-refractivity contribution >= 4 is 34.5 Å². The van der Waals surface area contributed by atoms with Gasteiger partial charge in [0.1, 0.15) is 16.3 Å². The second kappa shape index (κ2) is 8.57. The number of esters is 1. The zero-order valence-electron chi connectivity index (χ0n) is 19.0. The van der Waals surface area contributed by atoms with Gasteiger partial charge in [-0.25, -0.2) is 9.79 Å². The number of aromatic nitrogens is 1. The molecule has 4 heterocycles. The molecule has 0 saturated carbocycles. The monoisotopic (exact) mass is 477 g/mol. The molecule has 3 aromatic rings. The fraction of sp³-hybridized carbons (Fsp3) is 0.280. The number of benzene rings is 1. The van der Waals surface area contributed by atoms with Gasteiger partial charge in [0, 0.05) is 12.1 Å². The van der Waals surface area contributed by atoms with Crippen LogP contribution in [0, 0.1) is 0 Å². The van der Waals surface area contributed by atoms with Crippen LogP contribution in [0.2, 0.25) is 0 Å². The van der Waals surface area contributed by atoms with Gasteiger partial charge in [-0.05, 0) is 38.5 Å². The summed E-state index contributed by atoms with van der Waals surface area (Å²) < 4.78 is 12.6. The molecule has 0 aliphatic carbocycles. The highest BCUT2D eigenvalue weighted by Crippen LogP contribution is 2.35. The van der Waals surface area contributed by atoms with Gasteiger partial charge in [-0.15, -0.1) is 0 Å². The molecule has 1 unspecified atom stereocenters. The molecule has 2 aliphatic rings. The average Bonchev–Trinajstić information content (AvgIpc) is 3.52. The molecule has 174 valence electrons. The number of carbonyl (C=O) groups excluding carboxylic acids is 2. The quantitative estimate of drug-likeness (QED) is 0.527. The van der Waals surface area contributed by atoms with Gasteiger partial charge in [0.15, 0.2) is 4.80 Å². The predicted molar refractivity (Wildman–Crippen MR) is 127 cm³/mol. The van der Waals surface area contributed by atoms with Crippen molar-refractivity contribution in [1.82, 2.24) is 4.57 Å². The van der Waals surface area contributed by atoms with Gasteiger partial charge in [-0.2, -0.15) is 0 Å². The summed E-state index contributed by atoms with van der Waals surface area (Å²) in [7, 11) is 0. The number of amides is 1. The molecule has 1 aromatic carbocycles. The van der Waals surface area contributed by atoms with Crippen molar-refractivity contribution in [3.63, 3.8) is 0 Å². The molecular weight excluding hydrogens is 454 g/mol. The van der Waals surface area contributed by atoms with Crippen molar-refractivity contribution in [1.29, 1.82) is 0 Å². The summed E-state index contributed by atoms with van der Waals surface area (Å²) in [4.78, 5) is 46.9. The zero-order valence-corrected chi connectivity index (χ0v) is 19.8. The Hall–Kier alpha value is -3.72. The molecule has 1 amide bonds. The predicted octanol–water partition coefficient (Wildman–Crippen LogP) is 2.52. The Morgan fingerprint density at radius 2 is 1.97 bits per heavy atom. The summed E-state index contributed by atoms with van der Waals surface area (Å²) >= 11 is 1.15. The lowest BCUT2D eigenvalue weighted by Crippen LogP contribution is -2.40. The number of rotatable bonds is 5. The first-order chi connectivity index (χ1) is 16.5. The van der Waals surface area contributed by atoms with E-state index in [2.05, 4.69) is 4.99 Å². The summed E-state index contributed by atoms with van der Waals surface area (Å²) in [6.45, 7) is 6.18. The molecule has 9 heteroatoms. The van der Waals surface area contributed by atoms with Crippen molar-refractivity contribution < 1.29 is 18.7 Å². The van der Waals surface area contributed by atoms with E-state index >= 15 is 0 Å². The third-order valence-corrected chi connectivity index (χ3v) is 6.96. The van der Waals surface area contributed by atoms with Gasteiger partial charge in [-0.3, -0.25) is 14.2 Å². The summed E-state index contributed by atoms with van der Waals surface area (Å²) in [5, 5.41) is 0. The van der Waals surface area contributed by atoms with Gasteiger partial charge < -0.3 is 14.1 Å². The normalized spacial score (nSPS) is 18.6. The molecule has 0 saturated heterocycles. The second-order valence-electron chi connectivity index (χ2n) is 7.99. The molecule has 0 N–H and O–H groups in total. The maximum absolute atomic E-state index is 13.9. The molecule has 5 rings (SSSR count). The number of allylic oxidation sites excluding steroid dienone is 1. The first-order valence-electron chi connectivity index (χ1n) is 11.1. The maximum Gasteiger partial charge on any atom is 0.338 e. The lowest BCUT2D eigenvalue weighted by molar-refractivity contribution is -0.139. The number of hydrogen-bond donors (Lipinski definition) is 0. The summed E-state index contributed by atoms with van der Waals surface area (Å²) in [6.07, 6.45) is 2.28. The van der Waals surface area contributed by atoms with Gasteiger partial charge in [0.05, 0.1) is 35.4 Å². The van der Waals surface area contributed by atoms with Gasteiger partial charge in [-0.1, -0.05) is 36.5 Å². The smallest absolute Gasteiger partial charge is 0.338 e. The highest BCUT2D eigenvalue weighted by molar-refractivity contribution is 7.07. The molecule has 2 aromatic heterocycles. The number of furan rings is 1. The van der Waals surface area contributed by atoms with Crippen molar-refractivity contribution in [3.8, 4) is 0 Å². The third-order valence-electron chi connectivity index (χ3n) is 5.90. The van der Waals surface area contributed by atoms with Crippen LogP contribution in [-0.2, 0) is 14.3 Å². The highest BCUT2D eigenvalue weighted by atomic mass is 32.1. The minimum Gasteiger partial charge on any atom is -0.467 e. The zero-order chi connectivity index (χ0) is 24.0. The Morgan fingerprint density at radius 1 is 1.18 bits per heavy atom. The van der Waals surface area contributed by atoms with Crippen LogP contribution in [0.25, 0.3) is 5.57 Å². The lowest BCUT2D eigenvalue weighted by Gasteiger charge is -2.22. The summed E-state index contributed by atoms with van der Waals surface area (Å²) in [5.74, 6) is -0.343. The molecule has 0 fully saturated rings. The van der Waals surface area contributed by atoms with Crippen molar-refractivity contribution in [2.75, 3.05) is 18.1 Å². The number of anilines is 1. The Morgan fingerprint density at radius 3 is 2.68 bits per heavy atom. The van der Waals surface area contributed by atoms with Crippen LogP contribution >= 0.6 is 11.3 Å². The Labute approximate surface area is 199 Å². The van der Waals surface area contributed by atoms with Gasteiger partial charge >= 0.3 is 5.97 Å². The van der Waals surface area contributed by atoms with E-state index in [-0.39, 0.29) is 18.1 Å². The molecule has 0 bridgehead atoms. The van der Waals surface area contributed by atoms with E-state index in [1.165, 1.54) is 10.8 Å². The van der Waals surface area contributed by atoms with Gasteiger partial charge in [0.2, 0.25) is 0 Å². The van der Waals surface area contributed by atoms with E-state index < -0.39 is 17.6 Å². The second-order valence-corrected chi connectivity index (χ2v) is 8.96. The number of para-hydroxylation sites is 1. The molecular formula is C25H23N3O5S. The number of hydrogen-bond acceptors (Lipinski definition) is 7. The van der Waals surface area contributed by atoms with E-state index in [0.717, 1.165) is 29.0 Å². The first kappa shape index (κ1) is 22.1. The average molecular weight is 478 g/mol. The number of thiazole rings is 1. The van der Waals surface area contributed by atoms with Crippen molar-refractivity contribution in [2.24, 2.45) is 4.99 Å². The van der Waals surface area contributed by atoms with E-state index in [9.17, 15) is 14.4 Å². The van der Waals surface area contributed by atoms with Crippen LogP contribution < -0.4 is 19.8 Å². The van der Waals surface area contributed by atoms with Crippen molar-refractivity contribution in [3.05, 3.63) is 84.9 Å². The minimum absolute atomic E-state index is 0.188. The maximum atomic E-state index is 13.9. The SMILES string of the molecule is CCCN1C(=O)C(=c2sc3n(c2=O)C(c2ccco2)C(C(=O)OCC)=C(C)N=3)c2ccccc21. The molecule has 8 nitrogen and oxygen atoms in total. The molecule has 0 radical (unpaired) electrons. The minimum atomic E-state index is -0.835. The molecule has 2 aliphatic heterocycles. The standard InChI is InChI=1S/C25H23N3O5S/c1-4-12-27-16-10-7-6-9-15(16)19(22(27)29)21-23(30)28-20(17-11-8-13-33-17)18(24(31)32-5-2)14(3)26-25(28)34-21/h6-11,13,20H,4-5,12H2,1-3H3. The number of fused-ring (bicyclic) bond motifs is 2. The van der Waals surface area contributed by atoms with E-state index in [1.807, 2.05) is 31.2 Å². The van der Waals surface area contributed by atoms with Gasteiger partial charge in [0.25, 0.3) is 11.5 Å². The molecule has 1 atom stereocenters. The van der Waals surface area contributed by atoms with E-state index in [1.54, 1.807) is 30.9 Å². The van der Waals surface area contributed by atoms with E-state index in [0.29, 0.717) is 32.9 Å². The number of nitrogens with zero attached hydrogens (tertiary/aromatic N) is 3. The summed E-state index contributed by atoms with van der Waals surface area (Å²) in [6, 6.07) is 10.1. The molecule has 34 heavy (non-hydrogen) atoms. The van der Waals surface area contributed by atoms with Crippen LogP contribution in [0.1, 0.15) is 44.6 Å². The lowest BCUT2D eigenvalue weighted by atomic mass is 10.0. The Balaban J connectivity index is 1.80. The van der Waals surface area contributed by atoms with Crippen LogP contribution in [0.4, 0.5) is 5.69 Å². The van der Waals surface area contributed by atoms with Crippen LogP contribution in [0.15, 0.2) is 68.1 Å². The van der Waals surface area contributed by atoms with Crippen LogP contribution in [-0.4, -0.2) is 29.6 Å². The van der Waals surface area contributed by atoms with Crippen molar-refractivity contribution in [2.45, 2.75) is 33.2 Å². The number of ether oxygens (including phenoxy) is 1.